The van der Waals surface area contributed by atoms with Crippen LogP contribution in [-0.2, 0) is 14.8 Å². The average Bonchev–Trinajstić information content (AvgIpc) is 3.38. The van der Waals surface area contributed by atoms with E-state index >= 15 is 0 Å². The van der Waals surface area contributed by atoms with E-state index in [-0.39, 0.29) is 28.4 Å². The van der Waals surface area contributed by atoms with Gasteiger partial charge >= 0.3 is 0 Å². The maximum Gasteiger partial charge on any atom is 0.210 e. The van der Waals surface area contributed by atoms with Crippen molar-refractivity contribution in [3.8, 4) is 0 Å². The van der Waals surface area contributed by atoms with Crippen LogP contribution < -0.4 is 10.5 Å². The average molecular weight is 520 g/mol. The number of aromatic nitrogens is 1. The molecule has 2 saturated carbocycles. The normalized spacial score (nSPS) is 38.5. The van der Waals surface area contributed by atoms with E-state index in [1.165, 1.54) is 40.3 Å². The van der Waals surface area contributed by atoms with Gasteiger partial charge in [-0.2, -0.15) is 0 Å². The molecule has 6 nitrogen and oxygen atoms in total. The Morgan fingerprint density at radius 2 is 2.05 bits per heavy atom. The largest absolute Gasteiger partial charge is 0.359 e. The monoisotopic (exact) mass is 519 g/mol. The Labute approximate surface area is 219 Å². The maximum absolute atomic E-state index is 11.4. The number of sulfonamides is 1. The van der Waals surface area contributed by atoms with Gasteiger partial charge in [-0.05, 0) is 103 Å². The molecular weight excluding hydrogens is 482 g/mol. The number of fused-ring (bicyclic) bond motifs is 2. The highest BCUT2D eigenvalue weighted by Gasteiger charge is 2.66. The highest BCUT2D eigenvalue weighted by Crippen LogP contribution is 2.69. The van der Waals surface area contributed by atoms with Crippen LogP contribution in [0.4, 0.5) is 0 Å². The number of ether oxygens (including phenoxy) is 1. The zero-order valence-corrected chi connectivity index (χ0v) is 22.4. The number of primary sulfonamides is 1. The van der Waals surface area contributed by atoms with Crippen LogP contribution in [0.1, 0.15) is 69.8 Å². The lowest BCUT2D eigenvalue weighted by molar-refractivity contribution is -0.136. The number of nitrogens with one attached hydrogen (secondary N) is 1. The molecule has 5 aliphatic rings. The van der Waals surface area contributed by atoms with Gasteiger partial charge in [-0.25, -0.2) is 13.6 Å². The van der Waals surface area contributed by atoms with Gasteiger partial charge in [0, 0.05) is 30.4 Å². The second kappa shape index (κ2) is 8.22. The van der Waals surface area contributed by atoms with Gasteiger partial charge < -0.3 is 10.1 Å². The Morgan fingerprint density at radius 1 is 1.16 bits per heavy atom. The van der Waals surface area contributed by atoms with Crippen LogP contribution in [0.2, 0.25) is 0 Å². The Morgan fingerprint density at radius 3 is 2.92 bits per heavy atom. The molecule has 3 fully saturated rings. The summed E-state index contributed by atoms with van der Waals surface area (Å²) in [4.78, 5) is 4.36. The zero-order chi connectivity index (χ0) is 25.5. The molecule has 2 bridgehead atoms. The van der Waals surface area contributed by atoms with Crippen molar-refractivity contribution in [2.75, 3.05) is 12.3 Å². The molecule has 1 aromatic heterocycles. The van der Waals surface area contributed by atoms with Crippen LogP contribution in [-0.4, -0.2) is 42.9 Å². The standard InChI is InChI=1S/C30H37N3O3S/c1-28-10-8-24-17-23-4-5-25(33-14-15-37(31,34)35)18-29(23)11-12-30(24,36-29)27(28)7-6-26(28)21-3-2-20-9-13-32-19-22(20)16-21/h2-3,8-9,13,16-17,19,25-27,33H,4-7,10-12,14-15,18H2,1H3,(H2,31,34,35). The summed E-state index contributed by atoms with van der Waals surface area (Å²) in [5.41, 5.74) is 4.10. The van der Waals surface area contributed by atoms with Gasteiger partial charge in [-0.3, -0.25) is 4.98 Å². The van der Waals surface area contributed by atoms with Crippen LogP contribution in [0.5, 0.6) is 0 Å². The lowest BCUT2D eigenvalue weighted by Crippen LogP contribution is -2.55. The van der Waals surface area contributed by atoms with Gasteiger partial charge in [-0.1, -0.05) is 31.2 Å². The quantitative estimate of drug-likeness (QED) is 0.596. The second-order valence-corrected chi connectivity index (χ2v) is 14.2. The molecule has 2 spiro atoms. The molecule has 3 aliphatic carbocycles. The molecule has 7 heteroatoms. The minimum Gasteiger partial charge on any atom is -0.359 e. The lowest BCUT2D eigenvalue weighted by atomic mass is 9.58. The van der Waals surface area contributed by atoms with E-state index < -0.39 is 10.0 Å². The summed E-state index contributed by atoms with van der Waals surface area (Å²) in [6, 6.07) is 9.31. The van der Waals surface area contributed by atoms with E-state index in [0.29, 0.717) is 18.4 Å². The number of pyridine rings is 1. The Bertz CT molecular complexity index is 1430. The fourth-order valence-electron chi connectivity index (χ4n) is 8.85. The zero-order valence-electron chi connectivity index (χ0n) is 21.6. The maximum atomic E-state index is 11.4. The third-order valence-electron chi connectivity index (χ3n) is 10.6. The Balaban J connectivity index is 1.17. The van der Waals surface area contributed by atoms with Crippen molar-refractivity contribution in [3.05, 3.63) is 65.5 Å². The van der Waals surface area contributed by atoms with E-state index in [0.717, 1.165) is 38.5 Å². The van der Waals surface area contributed by atoms with Gasteiger partial charge in [0.15, 0.2) is 0 Å². The predicted molar refractivity (Wildman–Crippen MR) is 145 cm³/mol. The molecule has 37 heavy (non-hydrogen) atoms. The molecule has 196 valence electrons. The molecule has 3 heterocycles. The van der Waals surface area contributed by atoms with Crippen LogP contribution in [0.25, 0.3) is 10.8 Å². The molecule has 1 aromatic carbocycles. The third-order valence-corrected chi connectivity index (χ3v) is 11.3. The first-order valence-electron chi connectivity index (χ1n) is 13.9. The van der Waals surface area contributed by atoms with E-state index in [9.17, 15) is 8.42 Å². The molecule has 0 radical (unpaired) electrons. The van der Waals surface area contributed by atoms with Crippen molar-refractivity contribution in [3.63, 3.8) is 0 Å². The smallest absolute Gasteiger partial charge is 0.210 e. The molecule has 2 aromatic rings. The molecule has 0 amide bonds. The summed E-state index contributed by atoms with van der Waals surface area (Å²) in [6.07, 6.45) is 17.4. The molecule has 1 saturated heterocycles. The SMILES string of the molecule is CC12CC=C3C=C4CCC(NCCS(N)(=O)=O)CC45CCC3(O5)C1CCC2c1ccc2ccncc2c1. The first-order chi connectivity index (χ1) is 17.7. The van der Waals surface area contributed by atoms with Crippen molar-refractivity contribution < 1.29 is 13.2 Å². The van der Waals surface area contributed by atoms with Gasteiger partial charge in [0.25, 0.3) is 0 Å². The van der Waals surface area contributed by atoms with Gasteiger partial charge in [0.2, 0.25) is 10.0 Å². The number of hydrogen-bond donors (Lipinski definition) is 2. The minimum absolute atomic E-state index is 0.0243. The van der Waals surface area contributed by atoms with Crippen molar-refractivity contribution >= 4 is 20.8 Å². The molecule has 2 aliphatic heterocycles. The third kappa shape index (κ3) is 3.68. The van der Waals surface area contributed by atoms with Crippen LogP contribution in [0, 0.1) is 11.3 Å². The van der Waals surface area contributed by atoms with Crippen molar-refractivity contribution in [1.82, 2.24) is 10.3 Å². The van der Waals surface area contributed by atoms with Crippen LogP contribution in [0.15, 0.2) is 60.0 Å². The highest BCUT2D eigenvalue weighted by atomic mass is 32.2. The van der Waals surface area contributed by atoms with E-state index in [4.69, 9.17) is 9.88 Å². The van der Waals surface area contributed by atoms with E-state index in [1.807, 2.05) is 12.4 Å². The first kappa shape index (κ1) is 24.0. The number of rotatable bonds is 5. The summed E-state index contributed by atoms with van der Waals surface area (Å²) < 4.78 is 30.2. The Hall–Kier alpha value is -2.06. The molecule has 6 atom stereocenters. The number of hydrogen-bond acceptors (Lipinski definition) is 5. The number of benzene rings is 1. The van der Waals surface area contributed by atoms with Crippen LogP contribution in [0.3, 0.4) is 0 Å². The van der Waals surface area contributed by atoms with Crippen LogP contribution >= 0.6 is 0 Å². The van der Waals surface area contributed by atoms with Crippen molar-refractivity contribution in [2.24, 2.45) is 16.5 Å². The molecule has 3 N–H and O–H groups in total. The fourth-order valence-corrected chi connectivity index (χ4v) is 9.26. The first-order valence-corrected chi connectivity index (χ1v) is 15.6. The summed E-state index contributed by atoms with van der Waals surface area (Å²) >= 11 is 0. The minimum atomic E-state index is -3.45. The second-order valence-electron chi connectivity index (χ2n) is 12.5. The lowest BCUT2D eigenvalue weighted by Gasteiger charge is -2.54. The topological polar surface area (TPSA) is 94.3 Å². The van der Waals surface area contributed by atoms with E-state index in [2.05, 4.69) is 53.6 Å². The van der Waals surface area contributed by atoms with Gasteiger partial charge in [-0.15, -0.1) is 0 Å². The highest BCUT2D eigenvalue weighted by molar-refractivity contribution is 7.89. The summed E-state index contributed by atoms with van der Waals surface area (Å²) in [5.74, 6) is 0.991. The molecule has 7 rings (SSSR count). The molecular formula is C30H37N3O3S. The predicted octanol–water partition coefficient (Wildman–Crippen LogP) is 4.72. The number of nitrogens with zero attached hydrogens (tertiary/aromatic N) is 1. The van der Waals surface area contributed by atoms with Gasteiger partial charge in [0.05, 0.1) is 17.0 Å². The van der Waals surface area contributed by atoms with Crippen molar-refractivity contribution in [2.45, 2.75) is 81.5 Å². The fraction of sp³-hybridized carbons (Fsp3) is 0.567. The summed E-state index contributed by atoms with van der Waals surface area (Å²) in [7, 11) is -3.45. The summed E-state index contributed by atoms with van der Waals surface area (Å²) in [6.45, 7) is 2.91. The van der Waals surface area contributed by atoms with Crippen molar-refractivity contribution in [1.29, 1.82) is 0 Å². The number of nitrogens with two attached hydrogens (primary N) is 1. The number of allylic oxidation sites excluding steroid dienone is 1. The molecule has 6 unspecified atom stereocenters. The van der Waals surface area contributed by atoms with E-state index in [1.54, 1.807) is 0 Å². The van der Waals surface area contributed by atoms with Gasteiger partial charge in [0.1, 0.15) is 0 Å². The summed E-state index contributed by atoms with van der Waals surface area (Å²) in [5, 5.41) is 11.2. The Kier molecular flexibility index (Phi) is 5.33.